The molecule has 0 spiro atoms. The van der Waals surface area contributed by atoms with E-state index in [1.54, 1.807) is 29.2 Å². The molecule has 1 heterocycles. The summed E-state index contributed by atoms with van der Waals surface area (Å²) in [6, 6.07) is 14.0. The number of hydrogen-bond donors (Lipinski definition) is 1. The monoisotopic (exact) mass is 422 g/mol. The van der Waals surface area contributed by atoms with Crippen LogP contribution >= 0.6 is 0 Å². The van der Waals surface area contributed by atoms with E-state index in [0.29, 0.717) is 24.5 Å². The topological polar surface area (TPSA) is 70.1 Å². The van der Waals surface area contributed by atoms with Crippen molar-refractivity contribution in [2.75, 3.05) is 32.1 Å². The summed E-state index contributed by atoms with van der Waals surface area (Å²) in [5.74, 6) is -0.811. The summed E-state index contributed by atoms with van der Waals surface area (Å²) in [4.78, 5) is 29.5. The van der Waals surface area contributed by atoms with Crippen LogP contribution in [0.2, 0.25) is 0 Å². The van der Waals surface area contributed by atoms with Gasteiger partial charge in [0.2, 0.25) is 0 Å². The third-order valence-electron chi connectivity index (χ3n) is 5.44. The predicted molar refractivity (Wildman–Crippen MR) is 122 cm³/mol. The second-order valence-electron chi connectivity index (χ2n) is 7.79. The van der Waals surface area contributed by atoms with E-state index in [1.807, 2.05) is 57.1 Å². The number of carbonyl (C=O) groups excluding carboxylic acids is 2. The van der Waals surface area contributed by atoms with E-state index in [2.05, 4.69) is 0 Å². The van der Waals surface area contributed by atoms with Crippen molar-refractivity contribution < 1.29 is 19.4 Å². The normalized spacial score (nSPS) is 17.8. The standard InChI is InChI=1S/C25H30N2O4/c1-5-7-15-27-22(17-11-13-19(14-12-17)26(3)4)21(24(29)25(27)30)23(28)18-9-8-10-20(16-18)31-6-2/h8-14,16,22,28H,5-7,15H2,1-4H3/b23-21-. The Labute approximate surface area is 183 Å². The number of amides is 1. The van der Waals surface area contributed by atoms with Gasteiger partial charge in [0.1, 0.15) is 11.5 Å². The predicted octanol–water partition coefficient (Wildman–Crippen LogP) is 4.37. The molecule has 1 aliphatic heterocycles. The first kappa shape index (κ1) is 22.4. The molecule has 6 heteroatoms. The molecule has 0 bridgehead atoms. The summed E-state index contributed by atoms with van der Waals surface area (Å²) in [7, 11) is 3.90. The molecule has 1 fully saturated rings. The summed E-state index contributed by atoms with van der Waals surface area (Å²) >= 11 is 0. The van der Waals surface area contributed by atoms with Crippen LogP contribution in [0.25, 0.3) is 5.76 Å². The Bertz CT molecular complexity index is 979. The van der Waals surface area contributed by atoms with E-state index in [9.17, 15) is 14.7 Å². The molecule has 1 amide bonds. The van der Waals surface area contributed by atoms with Gasteiger partial charge in [-0.05, 0) is 43.2 Å². The van der Waals surface area contributed by atoms with Crippen LogP contribution in [0.1, 0.15) is 43.9 Å². The Morgan fingerprint density at radius 3 is 2.42 bits per heavy atom. The number of likely N-dealkylation sites (tertiary alicyclic amines) is 1. The maximum Gasteiger partial charge on any atom is 0.295 e. The zero-order valence-corrected chi connectivity index (χ0v) is 18.6. The molecule has 1 aliphatic rings. The van der Waals surface area contributed by atoms with Crippen molar-refractivity contribution in [3.63, 3.8) is 0 Å². The number of carbonyl (C=O) groups is 2. The van der Waals surface area contributed by atoms with Crippen molar-refractivity contribution >= 4 is 23.1 Å². The highest BCUT2D eigenvalue weighted by Gasteiger charge is 2.45. The Balaban J connectivity index is 2.12. The van der Waals surface area contributed by atoms with Gasteiger partial charge in [-0.25, -0.2) is 0 Å². The number of rotatable bonds is 8. The number of nitrogens with zero attached hydrogens (tertiary/aromatic N) is 2. The molecule has 164 valence electrons. The van der Waals surface area contributed by atoms with E-state index >= 15 is 0 Å². The summed E-state index contributed by atoms with van der Waals surface area (Å²) < 4.78 is 5.53. The molecule has 1 unspecified atom stereocenters. The average Bonchev–Trinajstić information content (AvgIpc) is 3.02. The Morgan fingerprint density at radius 1 is 1.10 bits per heavy atom. The number of anilines is 1. The number of ether oxygens (including phenoxy) is 1. The van der Waals surface area contributed by atoms with E-state index in [0.717, 1.165) is 24.1 Å². The first-order chi connectivity index (χ1) is 14.9. The second kappa shape index (κ2) is 9.69. The molecule has 3 rings (SSSR count). The minimum Gasteiger partial charge on any atom is -0.507 e. The molecule has 1 N–H and O–H groups in total. The van der Waals surface area contributed by atoms with Gasteiger partial charge in [-0.3, -0.25) is 9.59 Å². The fourth-order valence-electron chi connectivity index (χ4n) is 3.80. The van der Waals surface area contributed by atoms with E-state index in [-0.39, 0.29) is 11.3 Å². The molecular weight excluding hydrogens is 392 g/mol. The summed E-state index contributed by atoms with van der Waals surface area (Å²) in [6.07, 6.45) is 1.67. The van der Waals surface area contributed by atoms with Gasteiger partial charge in [-0.15, -0.1) is 0 Å². The lowest BCUT2D eigenvalue weighted by atomic mass is 9.95. The van der Waals surface area contributed by atoms with Gasteiger partial charge >= 0.3 is 0 Å². The molecule has 1 atom stereocenters. The van der Waals surface area contributed by atoms with Crippen LogP contribution in [0.4, 0.5) is 5.69 Å². The highest BCUT2D eigenvalue weighted by atomic mass is 16.5. The molecule has 0 saturated carbocycles. The number of aliphatic hydroxyl groups excluding tert-OH is 1. The molecule has 0 aromatic heterocycles. The highest BCUT2D eigenvalue weighted by molar-refractivity contribution is 6.46. The summed E-state index contributed by atoms with van der Waals surface area (Å²) in [5.41, 5.74) is 2.38. The smallest absolute Gasteiger partial charge is 0.295 e. The zero-order chi connectivity index (χ0) is 22.5. The minimum absolute atomic E-state index is 0.118. The molecule has 2 aromatic carbocycles. The number of benzene rings is 2. The van der Waals surface area contributed by atoms with E-state index in [1.165, 1.54) is 0 Å². The lowest BCUT2D eigenvalue weighted by molar-refractivity contribution is -0.139. The fraction of sp³-hybridized carbons (Fsp3) is 0.360. The Hall–Kier alpha value is -3.28. The van der Waals surface area contributed by atoms with Crippen molar-refractivity contribution in [2.24, 2.45) is 0 Å². The first-order valence-electron chi connectivity index (χ1n) is 10.7. The lowest BCUT2D eigenvalue weighted by Gasteiger charge is -2.25. The third kappa shape index (κ3) is 4.58. The molecule has 1 saturated heterocycles. The van der Waals surface area contributed by atoms with Crippen molar-refractivity contribution in [3.8, 4) is 5.75 Å². The quantitative estimate of drug-likeness (QED) is 0.389. The largest absolute Gasteiger partial charge is 0.507 e. The van der Waals surface area contributed by atoms with Crippen LogP contribution in [0, 0.1) is 0 Å². The molecule has 0 radical (unpaired) electrons. The SMILES string of the molecule is CCCCN1C(=O)C(=O)/C(=C(\O)c2cccc(OCC)c2)C1c1ccc(N(C)C)cc1. The van der Waals surface area contributed by atoms with Crippen molar-refractivity contribution in [2.45, 2.75) is 32.7 Å². The van der Waals surface area contributed by atoms with Crippen LogP contribution in [0.5, 0.6) is 5.75 Å². The fourth-order valence-corrected chi connectivity index (χ4v) is 3.80. The van der Waals surface area contributed by atoms with Crippen molar-refractivity contribution in [1.29, 1.82) is 0 Å². The maximum absolute atomic E-state index is 13.0. The third-order valence-corrected chi connectivity index (χ3v) is 5.44. The van der Waals surface area contributed by atoms with Gasteiger partial charge < -0.3 is 19.6 Å². The second-order valence-corrected chi connectivity index (χ2v) is 7.79. The van der Waals surface area contributed by atoms with Gasteiger partial charge in [0.25, 0.3) is 11.7 Å². The van der Waals surface area contributed by atoms with Crippen molar-refractivity contribution in [1.82, 2.24) is 4.90 Å². The summed E-state index contributed by atoms with van der Waals surface area (Å²) in [6.45, 7) is 4.86. The van der Waals surface area contributed by atoms with Crippen LogP contribution in [-0.2, 0) is 9.59 Å². The molecule has 6 nitrogen and oxygen atoms in total. The van der Waals surface area contributed by atoms with Crippen molar-refractivity contribution in [3.05, 3.63) is 65.2 Å². The maximum atomic E-state index is 13.0. The molecular formula is C25H30N2O4. The van der Waals surface area contributed by atoms with Gasteiger partial charge in [-0.1, -0.05) is 37.6 Å². The number of Topliss-reactive ketones (excluding diaryl/α,β-unsaturated/α-hetero) is 1. The highest BCUT2D eigenvalue weighted by Crippen LogP contribution is 2.40. The number of unbranched alkanes of at least 4 members (excludes halogenated alkanes) is 1. The number of ketones is 1. The number of aliphatic hydroxyl groups is 1. The van der Waals surface area contributed by atoms with E-state index in [4.69, 9.17) is 4.74 Å². The van der Waals surface area contributed by atoms with Gasteiger partial charge in [0.15, 0.2) is 0 Å². The Kier molecular flexibility index (Phi) is 7.00. The molecule has 31 heavy (non-hydrogen) atoms. The summed E-state index contributed by atoms with van der Waals surface area (Å²) in [5, 5.41) is 11.1. The van der Waals surface area contributed by atoms with Gasteiger partial charge in [-0.2, -0.15) is 0 Å². The minimum atomic E-state index is -0.655. The van der Waals surface area contributed by atoms with Crippen LogP contribution in [-0.4, -0.2) is 48.9 Å². The van der Waals surface area contributed by atoms with Gasteiger partial charge in [0.05, 0.1) is 18.2 Å². The lowest BCUT2D eigenvalue weighted by Crippen LogP contribution is -2.30. The van der Waals surface area contributed by atoms with E-state index < -0.39 is 17.7 Å². The Morgan fingerprint density at radius 2 is 1.81 bits per heavy atom. The molecule has 2 aromatic rings. The van der Waals surface area contributed by atoms with Gasteiger partial charge in [0, 0.05) is 31.9 Å². The average molecular weight is 423 g/mol. The van der Waals surface area contributed by atoms with Crippen LogP contribution in [0.3, 0.4) is 0 Å². The van der Waals surface area contributed by atoms with Crippen LogP contribution < -0.4 is 9.64 Å². The first-order valence-corrected chi connectivity index (χ1v) is 10.7. The van der Waals surface area contributed by atoms with Crippen LogP contribution in [0.15, 0.2) is 54.1 Å². The number of hydrogen-bond acceptors (Lipinski definition) is 5. The zero-order valence-electron chi connectivity index (χ0n) is 18.6. The molecule has 0 aliphatic carbocycles.